The van der Waals surface area contributed by atoms with Gasteiger partial charge in [0.05, 0.1) is 19.4 Å². The number of nitrogens with one attached hydrogen (secondary N) is 3. The van der Waals surface area contributed by atoms with Gasteiger partial charge in [-0.2, -0.15) is 0 Å². The highest BCUT2D eigenvalue weighted by molar-refractivity contribution is 5.94. The van der Waals surface area contributed by atoms with E-state index in [1.165, 1.54) is 6.26 Å². The van der Waals surface area contributed by atoms with Gasteiger partial charge in [-0.3, -0.25) is 4.79 Å². The van der Waals surface area contributed by atoms with Crippen LogP contribution in [-0.2, 0) is 11.3 Å². The molecular weight excluding hydrogens is 320 g/mol. The second-order valence-electron chi connectivity index (χ2n) is 5.38. The number of benzene rings is 1. The zero-order chi connectivity index (χ0) is 18.1. The third-order valence-electron chi connectivity index (χ3n) is 3.69. The van der Waals surface area contributed by atoms with Gasteiger partial charge in [0.2, 0.25) is 5.91 Å². The molecule has 3 amide bonds. The molecule has 0 saturated carbocycles. The van der Waals surface area contributed by atoms with Gasteiger partial charge in [-0.05, 0) is 50.2 Å². The fourth-order valence-corrected chi connectivity index (χ4v) is 2.35. The molecule has 0 saturated heterocycles. The first-order chi connectivity index (χ1) is 12.1. The summed E-state index contributed by atoms with van der Waals surface area (Å²) in [6.45, 7) is 6.22. The molecule has 25 heavy (non-hydrogen) atoms. The summed E-state index contributed by atoms with van der Waals surface area (Å²) in [7, 11) is 0. The molecule has 1 heterocycles. The number of carbonyl (C=O) groups is 2. The van der Waals surface area contributed by atoms with E-state index in [1.807, 2.05) is 24.3 Å². The van der Waals surface area contributed by atoms with Gasteiger partial charge in [0, 0.05) is 24.5 Å². The van der Waals surface area contributed by atoms with Crippen LogP contribution in [0.1, 0.15) is 19.6 Å². The molecule has 2 aromatic rings. The average molecular weight is 344 g/mol. The summed E-state index contributed by atoms with van der Waals surface area (Å²) < 4.78 is 5.11. The van der Waals surface area contributed by atoms with E-state index in [2.05, 4.69) is 34.7 Å². The molecule has 0 aliphatic heterocycles. The molecule has 0 radical (unpaired) electrons. The van der Waals surface area contributed by atoms with E-state index in [4.69, 9.17) is 4.42 Å². The van der Waals surface area contributed by atoms with Gasteiger partial charge < -0.3 is 25.3 Å². The summed E-state index contributed by atoms with van der Waals surface area (Å²) in [5.41, 5.74) is 1.80. The molecule has 0 bridgehead atoms. The van der Waals surface area contributed by atoms with Gasteiger partial charge in [0.1, 0.15) is 5.76 Å². The van der Waals surface area contributed by atoms with Gasteiger partial charge in [-0.25, -0.2) is 4.79 Å². The van der Waals surface area contributed by atoms with Crippen molar-refractivity contribution >= 4 is 23.3 Å². The van der Waals surface area contributed by atoms with Crippen molar-refractivity contribution in [3.8, 4) is 0 Å². The van der Waals surface area contributed by atoms with Gasteiger partial charge in [-0.15, -0.1) is 0 Å². The van der Waals surface area contributed by atoms with Crippen molar-refractivity contribution in [1.29, 1.82) is 0 Å². The molecule has 0 atom stereocenters. The molecule has 0 aliphatic carbocycles. The molecule has 1 aromatic heterocycles. The molecule has 7 nitrogen and oxygen atoms in total. The number of furan rings is 1. The number of amides is 3. The van der Waals surface area contributed by atoms with Crippen LogP contribution < -0.4 is 20.9 Å². The Labute approximate surface area is 147 Å². The Morgan fingerprint density at radius 1 is 1.04 bits per heavy atom. The van der Waals surface area contributed by atoms with Crippen LogP contribution in [0.25, 0.3) is 0 Å². The molecular formula is C18H24N4O3. The molecule has 2 rings (SSSR count). The quantitative estimate of drug-likeness (QED) is 0.687. The molecule has 7 heteroatoms. The van der Waals surface area contributed by atoms with E-state index in [0.717, 1.165) is 18.8 Å². The van der Waals surface area contributed by atoms with Crippen molar-refractivity contribution in [2.24, 2.45) is 0 Å². The van der Waals surface area contributed by atoms with E-state index < -0.39 is 6.03 Å². The standard InChI is InChI=1S/C18H24N4O3/c1-3-22(4-2)15-9-7-14(8-10-15)21-17(23)13-20-18(24)19-12-16-6-5-11-25-16/h5-11H,3-4,12-13H2,1-2H3,(H,21,23)(H2,19,20,24). The average Bonchev–Trinajstić information content (AvgIpc) is 3.14. The second kappa shape index (κ2) is 9.36. The number of carbonyl (C=O) groups excluding carboxylic acids is 2. The van der Waals surface area contributed by atoms with Crippen molar-refractivity contribution in [1.82, 2.24) is 10.6 Å². The Balaban J connectivity index is 1.73. The van der Waals surface area contributed by atoms with Crippen LogP contribution >= 0.6 is 0 Å². The van der Waals surface area contributed by atoms with Crippen molar-refractivity contribution < 1.29 is 14.0 Å². The topological polar surface area (TPSA) is 86.6 Å². The first-order valence-electron chi connectivity index (χ1n) is 8.31. The smallest absolute Gasteiger partial charge is 0.315 e. The van der Waals surface area contributed by atoms with Crippen LogP contribution in [0.2, 0.25) is 0 Å². The lowest BCUT2D eigenvalue weighted by atomic mass is 10.2. The highest BCUT2D eigenvalue weighted by atomic mass is 16.3. The molecule has 3 N–H and O–H groups in total. The van der Waals surface area contributed by atoms with E-state index >= 15 is 0 Å². The van der Waals surface area contributed by atoms with Crippen molar-refractivity contribution in [3.63, 3.8) is 0 Å². The highest BCUT2D eigenvalue weighted by Gasteiger charge is 2.07. The van der Waals surface area contributed by atoms with Crippen LogP contribution in [0.15, 0.2) is 47.1 Å². The monoisotopic (exact) mass is 344 g/mol. The van der Waals surface area contributed by atoms with Crippen molar-refractivity contribution in [3.05, 3.63) is 48.4 Å². The maximum atomic E-state index is 11.9. The summed E-state index contributed by atoms with van der Waals surface area (Å²) in [6.07, 6.45) is 1.54. The maximum Gasteiger partial charge on any atom is 0.315 e. The highest BCUT2D eigenvalue weighted by Crippen LogP contribution is 2.17. The van der Waals surface area contributed by atoms with Gasteiger partial charge in [0.25, 0.3) is 0 Å². The first kappa shape index (κ1) is 18.4. The van der Waals surface area contributed by atoms with Crippen LogP contribution in [-0.4, -0.2) is 31.6 Å². The zero-order valence-electron chi connectivity index (χ0n) is 14.5. The van der Waals surface area contributed by atoms with Crippen LogP contribution in [0.4, 0.5) is 16.2 Å². The van der Waals surface area contributed by atoms with Crippen molar-refractivity contribution in [2.75, 3.05) is 29.9 Å². The lowest BCUT2D eigenvalue weighted by Crippen LogP contribution is -2.39. The van der Waals surface area contributed by atoms with E-state index in [-0.39, 0.29) is 19.0 Å². The van der Waals surface area contributed by atoms with E-state index in [1.54, 1.807) is 12.1 Å². The summed E-state index contributed by atoms with van der Waals surface area (Å²) in [5.74, 6) is 0.358. The van der Waals surface area contributed by atoms with Crippen LogP contribution in [0, 0.1) is 0 Å². The largest absolute Gasteiger partial charge is 0.467 e. The summed E-state index contributed by atoms with van der Waals surface area (Å²) in [4.78, 5) is 25.7. The van der Waals surface area contributed by atoms with Gasteiger partial charge in [-0.1, -0.05) is 0 Å². The molecule has 0 aliphatic rings. The minimum Gasteiger partial charge on any atom is -0.467 e. The Morgan fingerprint density at radius 3 is 2.36 bits per heavy atom. The summed E-state index contributed by atoms with van der Waals surface area (Å²) in [5, 5.41) is 7.86. The lowest BCUT2D eigenvalue weighted by Gasteiger charge is -2.21. The molecule has 0 spiro atoms. The second-order valence-corrected chi connectivity index (χ2v) is 5.38. The number of nitrogens with zero attached hydrogens (tertiary/aromatic N) is 1. The molecule has 0 fully saturated rings. The summed E-state index contributed by atoms with van der Waals surface area (Å²) >= 11 is 0. The predicted octanol–water partition coefficient (Wildman–Crippen LogP) is 2.56. The first-order valence-corrected chi connectivity index (χ1v) is 8.31. The number of hydrogen-bond acceptors (Lipinski definition) is 4. The molecule has 134 valence electrons. The van der Waals surface area contributed by atoms with Crippen molar-refractivity contribution in [2.45, 2.75) is 20.4 Å². The Bertz CT molecular complexity index is 664. The Hall–Kier alpha value is -2.96. The van der Waals surface area contributed by atoms with Gasteiger partial charge >= 0.3 is 6.03 Å². The van der Waals surface area contributed by atoms with Crippen LogP contribution in [0.3, 0.4) is 0 Å². The number of urea groups is 1. The van der Waals surface area contributed by atoms with Gasteiger partial charge in [0.15, 0.2) is 0 Å². The Morgan fingerprint density at radius 2 is 1.76 bits per heavy atom. The SMILES string of the molecule is CCN(CC)c1ccc(NC(=O)CNC(=O)NCc2ccco2)cc1. The Kier molecular flexibility index (Phi) is 6.88. The minimum absolute atomic E-state index is 0.109. The fourth-order valence-electron chi connectivity index (χ4n) is 2.35. The number of rotatable bonds is 8. The molecule has 0 unspecified atom stereocenters. The minimum atomic E-state index is -0.427. The summed E-state index contributed by atoms with van der Waals surface area (Å²) in [6, 6.07) is 10.7. The third kappa shape index (κ3) is 5.87. The van der Waals surface area contributed by atoms with E-state index in [0.29, 0.717) is 11.4 Å². The van der Waals surface area contributed by atoms with Crippen LogP contribution in [0.5, 0.6) is 0 Å². The fraction of sp³-hybridized carbons (Fsp3) is 0.333. The maximum absolute atomic E-state index is 11.9. The number of anilines is 2. The normalized spacial score (nSPS) is 10.2. The third-order valence-corrected chi connectivity index (χ3v) is 3.69. The predicted molar refractivity (Wildman–Crippen MR) is 97.6 cm³/mol. The van der Waals surface area contributed by atoms with E-state index in [9.17, 15) is 9.59 Å². The molecule has 1 aromatic carbocycles. The lowest BCUT2D eigenvalue weighted by molar-refractivity contribution is -0.115. The zero-order valence-corrected chi connectivity index (χ0v) is 14.5. The number of hydrogen-bond donors (Lipinski definition) is 3.